The number of benzene rings is 3. The zero-order valence-corrected chi connectivity index (χ0v) is 22.9. The number of amides is 2. The van der Waals surface area contributed by atoms with Crippen molar-refractivity contribution in [2.75, 3.05) is 24.9 Å². The van der Waals surface area contributed by atoms with Gasteiger partial charge in [0.1, 0.15) is 17.1 Å². The molecule has 214 valence electrons. The molecule has 0 saturated heterocycles. The Kier molecular flexibility index (Phi) is 9.30. The van der Waals surface area contributed by atoms with Crippen LogP contribution in [-0.2, 0) is 14.2 Å². The average Bonchev–Trinajstić information content (AvgIpc) is 2.92. The Labute approximate surface area is 235 Å². The van der Waals surface area contributed by atoms with Gasteiger partial charge in [0.25, 0.3) is 5.91 Å². The highest BCUT2D eigenvalue weighted by molar-refractivity contribution is 6.14. The van der Waals surface area contributed by atoms with Crippen molar-refractivity contribution >= 4 is 41.3 Å². The average molecular weight is 565 g/mol. The van der Waals surface area contributed by atoms with Gasteiger partial charge in [0.05, 0.1) is 36.5 Å². The summed E-state index contributed by atoms with van der Waals surface area (Å²) in [5, 5.41) is 14.7. The Morgan fingerprint density at radius 2 is 1.10 bits per heavy atom. The molecule has 12 heteroatoms. The molecule has 0 unspecified atom stereocenters. The van der Waals surface area contributed by atoms with Gasteiger partial charge < -0.3 is 29.4 Å². The van der Waals surface area contributed by atoms with Crippen LogP contribution >= 0.6 is 0 Å². The summed E-state index contributed by atoms with van der Waals surface area (Å²) in [7, 11) is 2.13. The van der Waals surface area contributed by atoms with Crippen LogP contribution in [0.15, 0.2) is 60.7 Å². The Balaban J connectivity index is 1.74. The van der Waals surface area contributed by atoms with Crippen LogP contribution in [0.2, 0.25) is 0 Å². The molecular formula is C29H28N2O10. The molecule has 2 amide bonds. The van der Waals surface area contributed by atoms with Crippen LogP contribution in [0.3, 0.4) is 0 Å². The molecule has 3 N–H and O–H groups in total. The molecule has 0 aromatic heterocycles. The van der Waals surface area contributed by atoms with Gasteiger partial charge in [0.15, 0.2) is 0 Å². The maximum Gasteiger partial charge on any atom is 0.412 e. The fourth-order valence-electron chi connectivity index (χ4n) is 3.49. The second kappa shape index (κ2) is 12.6. The lowest BCUT2D eigenvalue weighted by molar-refractivity contribution is 0.0574. The van der Waals surface area contributed by atoms with E-state index in [-0.39, 0.29) is 11.1 Å². The molecule has 0 radical (unpaired) electrons. The Hall–Kier alpha value is -5.39. The molecule has 0 aliphatic rings. The zero-order chi connectivity index (χ0) is 30.3. The number of hydrogen-bond donors (Lipinski definition) is 3. The van der Waals surface area contributed by atoms with Crippen molar-refractivity contribution in [2.45, 2.75) is 26.4 Å². The highest BCUT2D eigenvalue weighted by Crippen LogP contribution is 2.26. The van der Waals surface area contributed by atoms with Crippen LogP contribution in [0, 0.1) is 0 Å². The van der Waals surface area contributed by atoms with Gasteiger partial charge in [0.2, 0.25) is 0 Å². The molecule has 0 aliphatic heterocycles. The lowest BCUT2D eigenvalue weighted by atomic mass is 9.97. The van der Waals surface area contributed by atoms with Gasteiger partial charge in [-0.25, -0.2) is 19.2 Å². The van der Waals surface area contributed by atoms with Gasteiger partial charge in [0, 0.05) is 11.4 Å². The Morgan fingerprint density at radius 1 is 0.659 bits per heavy atom. The minimum absolute atomic E-state index is 0.289. The lowest BCUT2D eigenvalue weighted by Gasteiger charge is -2.19. The van der Waals surface area contributed by atoms with E-state index in [1.807, 2.05) is 0 Å². The van der Waals surface area contributed by atoms with Crippen molar-refractivity contribution in [2.24, 2.45) is 0 Å². The molecular weight excluding hydrogens is 536 g/mol. The summed E-state index contributed by atoms with van der Waals surface area (Å²) in [4.78, 5) is 61.1. The molecule has 0 spiro atoms. The largest absolute Gasteiger partial charge is 0.478 e. The molecule has 0 heterocycles. The van der Waals surface area contributed by atoms with Crippen molar-refractivity contribution in [3.05, 3.63) is 82.9 Å². The maximum absolute atomic E-state index is 13.1. The van der Waals surface area contributed by atoms with E-state index in [4.69, 9.17) is 9.47 Å². The monoisotopic (exact) mass is 564 g/mol. The molecule has 0 fully saturated rings. The molecule has 0 atom stereocenters. The lowest BCUT2D eigenvalue weighted by Crippen LogP contribution is -2.27. The third-order valence-corrected chi connectivity index (χ3v) is 5.29. The third-order valence-electron chi connectivity index (χ3n) is 5.29. The summed E-state index contributed by atoms with van der Waals surface area (Å²) in [6.07, 6.45) is -0.582. The van der Waals surface area contributed by atoms with E-state index in [9.17, 15) is 29.1 Å². The van der Waals surface area contributed by atoms with E-state index in [0.29, 0.717) is 22.9 Å². The molecule has 12 nitrogen and oxygen atoms in total. The van der Waals surface area contributed by atoms with Crippen molar-refractivity contribution in [3.8, 4) is 11.5 Å². The topological polar surface area (TPSA) is 167 Å². The SMILES string of the molecule is COC(=O)c1cc(C(=O)Nc2ccc(Oc3ccc(NC(=O)OC(C)(C)C)cc3)cc2)c(C(=O)OC)cc1C(=O)O. The van der Waals surface area contributed by atoms with Crippen molar-refractivity contribution in [1.29, 1.82) is 0 Å². The normalized spacial score (nSPS) is 10.7. The Bertz CT molecular complexity index is 1470. The number of ether oxygens (including phenoxy) is 4. The van der Waals surface area contributed by atoms with E-state index in [1.165, 1.54) is 12.1 Å². The first-order chi connectivity index (χ1) is 19.3. The number of carboxylic acids is 1. The van der Waals surface area contributed by atoms with E-state index >= 15 is 0 Å². The smallest absolute Gasteiger partial charge is 0.412 e. The van der Waals surface area contributed by atoms with E-state index in [1.54, 1.807) is 57.2 Å². The number of hydrogen-bond acceptors (Lipinski definition) is 9. The van der Waals surface area contributed by atoms with E-state index in [2.05, 4.69) is 20.1 Å². The van der Waals surface area contributed by atoms with E-state index < -0.39 is 46.6 Å². The molecule has 3 aromatic carbocycles. The van der Waals surface area contributed by atoms with Gasteiger partial charge in [-0.1, -0.05) is 0 Å². The summed E-state index contributed by atoms with van der Waals surface area (Å²) in [5.41, 5.74) is -1.36. The second-order valence-corrected chi connectivity index (χ2v) is 9.46. The maximum atomic E-state index is 13.1. The first-order valence-corrected chi connectivity index (χ1v) is 12.1. The molecule has 3 aromatic rings. The number of carbonyl (C=O) groups is 5. The summed E-state index contributed by atoms with van der Waals surface area (Å²) in [6.45, 7) is 5.29. The summed E-state index contributed by atoms with van der Waals surface area (Å²) in [6, 6.07) is 14.7. The van der Waals surface area contributed by atoms with Gasteiger partial charge in [-0.3, -0.25) is 10.1 Å². The highest BCUT2D eigenvalue weighted by Gasteiger charge is 2.26. The molecule has 0 bridgehead atoms. The minimum Gasteiger partial charge on any atom is -0.478 e. The molecule has 41 heavy (non-hydrogen) atoms. The summed E-state index contributed by atoms with van der Waals surface area (Å²) >= 11 is 0. The summed E-state index contributed by atoms with van der Waals surface area (Å²) < 4.78 is 20.3. The van der Waals surface area contributed by atoms with Crippen molar-refractivity contribution in [3.63, 3.8) is 0 Å². The fourth-order valence-corrected chi connectivity index (χ4v) is 3.49. The van der Waals surface area contributed by atoms with Crippen LogP contribution in [0.4, 0.5) is 16.2 Å². The number of nitrogens with one attached hydrogen (secondary N) is 2. The van der Waals surface area contributed by atoms with E-state index in [0.717, 1.165) is 26.4 Å². The number of esters is 2. The highest BCUT2D eigenvalue weighted by atomic mass is 16.6. The van der Waals surface area contributed by atoms with Crippen molar-refractivity contribution in [1.82, 2.24) is 0 Å². The van der Waals surface area contributed by atoms with Crippen molar-refractivity contribution < 1.29 is 48.0 Å². The van der Waals surface area contributed by atoms with Crippen LogP contribution in [-0.4, -0.2) is 54.8 Å². The Morgan fingerprint density at radius 3 is 1.54 bits per heavy atom. The zero-order valence-electron chi connectivity index (χ0n) is 22.9. The quantitative estimate of drug-likeness (QED) is 0.240. The second-order valence-electron chi connectivity index (χ2n) is 9.46. The van der Waals surface area contributed by atoms with Crippen LogP contribution in [0.1, 0.15) is 62.2 Å². The van der Waals surface area contributed by atoms with Gasteiger partial charge in [-0.15, -0.1) is 0 Å². The summed E-state index contributed by atoms with van der Waals surface area (Å²) in [5.74, 6) is -3.34. The number of rotatable bonds is 8. The number of methoxy groups -OCH3 is 2. The molecule has 3 rings (SSSR count). The van der Waals surface area contributed by atoms with Crippen LogP contribution in [0.5, 0.6) is 11.5 Å². The van der Waals surface area contributed by atoms with Crippen LogP contribution in [0.25, 0.3) is 0 Å². The standard InChI is InChI=1S/C29H28N2O10/c1-29(2,3)41-28(37)31-17-8-12-19(13-9-17)40-18-10-6-16(7-11-18)30-24(32)20-14-23(27(36)39-5)21(25(33)34)15-22(20)26(35)38-4/h6-15H,1-5H3,(H,30,32)(H,31,37)(H,33,34). The predicted molar refractivity (Wildman–Crippen MR) is 147 cm³/mol. The van der Waals surface area contributed by atoms with Gasteiger partial charge in [-0.2, -0.15) is 0 Å². The first kappa shape index (κ1) is 30.2. The van der Waals surface area contributed by atoms with Crippen LogP contribution < -0.4 is 15.4 Å². The number of anilines is 2. The number of carbonyl (C=O) groups excluding carboxylic acids is 4. The first-order valence-electron chi connectivity index (χ1n) is 12.1. The van der Waals surface area contributed by atoms with Gasteiger partial charge >= 0.3 is 24.0 Å². The minimum atomic E-state index is -1.49. The van der Waals surface area contributed by atoms with Gasteiger partial charge in [-0.05, 0) is 81.4 Å². The molecule has 0 aliphatic carbocycles. The molecule has 0 saturated carbocycles. The fraction of sp³-hybridized carbons (Fsp3) is 0.207. The number of carboxylic acid groups (broad SMARTS) is 1. The predicted octanol–water partition coefficient (Wildman–Crippen LogP) is 5.35. The third kappa shape index (κ3) is 8.05. The number of aromatic carboxylic acids is 1.